The predicted octanol–water partition coefficient (Wildman–Crippen LogP) is 4.15. The van der Waals surface area contributed by atoms with Gasteiger partial charge in [0, 0.05) is 11.3 Å². The van der Waals surface area contributed by atoms with Crippen molar-refractivity contribution in [3.8, 4) is 0 Å². The zero-order valence-electron chi connectivity index (χ0n) is 15.8. The molecule has 6 atom stereocenters. The van der Waals surface area contributed by atoms with E-state index >= 15 is 0 Å². The Morgan fingerprint density at radius 1 is 1.30 bits per heavy atom. The van der Waals surface area contributed by atoms with Crippen LogP contribution in [0.3, 0.4) is 0 Å². The van der Waals surface area contributed by atoms with Crippen molar-refractivity contribution in [1.82, 2.24) is 0 Å². The van der Waals surface area contributed by atoms with Crippen LogP contribution in [0, 0.1) is 40.9 Å². The topological polar surface area (TPSA) is 46.2 Å². The average molecular weight is 318 g/mol. The Balaban J connectivity index is 2.24. The average Bonchev–Trinajstić information content (AvgIpc) is 2.66. The van der Waals surface area contributed by atoms with E-state index in [0.717, 1.165) is 18.9 Å². The molecule has 0 aliphatic heterocycles. The lowest BCUT2D eigenvalue weighted by Crippen LogP contribution is -2.43. The van der Waals surface area contributed by atoms with Crippen LogP contribution in [0.15, 0.2) is 22.8 Å². The number of aliphatic hydroxyl groups excluding tert-OH is 1. The second-order valence-corrected chi connectivity index (χ2v) is 9.01. The molecule has 6 unspecified atom stereocenters. The van der Waals surface area contributed by atoms with Gasteiger partial charge < -0.3 is 10.8 Å². The summed E-state index contributed by atoms with van der Waals surface area (Å²) in [5.41, 5.74) is 10.7. The van der Waals surface area contributed by atoms with Crippen LogP contribution in [0.2, 0.25) is 0 Å². The monoisotopic (exact) mass is 317 g/mol. The summed E-state index contributed by atoms with van der Waals surface area (Å²) in [6.07, 6.45) is 4.44. The summed E-state index contributed by atoms with van der Waals surface area (Å²) in [4.78, 5) is 0. The fraction of sp³-hybridized carbons (Fsp3) is 0.810. The maximum absolute atomic E-state index is 11.1. The van der Waals surface area contributed by atoms with Crippen LogP contribution in [-0.4, -0.2) is 17.8 Å². The molecule has 0 aromatic heterocycles. The van der Waals surface area contributed by atoms with Gasteiger partial charge in [-0.2, -0.15) is 0 Å². The van der Waals surface area contributed by atoms with Crippen LogP contribution in [0.5, 0.6) is 0 Å². The molecule has 1 saturated carbocycles. The summed E-state index contributed by atoms with van der Waals surface area (Å²) in [5.74, 6) is 3.20. The Labute approximate surface area is 142 Å². The lowest BCUT2D eigenvalue weighted by Gasteiger charge is -2.45. The molecule has 2 heteroatoms. The molecule has 1 spiro atoms. The third kappa shape index (κ3) is 2.21. The molecule has 3 N–H and O–H groups in total. The van der Waals surface area contributed by atoms with E-state index in [2.05, 4.69) is 47.6 Å². The molecule has 130 valence electrons. The van der Waals surface area contributed by atoms with E-state index in [1.165, 1.54) is 17.6 Å². The van der Waals surface area contributed by atoms with E-state index in [9.17, 15) is 5.11 Å². The Kier molecular flexibility index (Phi) is 4.30. The minimum atomic E-state index is -0.314. The number of hydrogen-bond donors (Lipinski definition) is 2. The van der Waals surface area contributed by atoms with Crippen molar-refractivity contribution < 1.29 is 5.11 Å². The van der Waals surface area contributed by atoms with Gasteiger partial charge in [0.25, 0.3) is 0 Å². The first-order valence-electron chi connectivity index (χ1n) is 9.56. The number of allylic oxidation sites excluding steroid dienone is 2. The maximum Gasteiger partial charge on any atom is 0.0818 e. The molecule has 4 aliphatic carbocycles. The molecular weight excluding hydrogens is 282 g/mol. The highest BCUT2D eigenvalue weighted by molar-refractivity contribution is 5.44. The molecule has 1 fully saturated rings. The lowest BCUT2D eigenvalue weighted by molar-refractivity contribution is 0.103. The zero-order valence-corrected chi connectivity index (χ0v) is 15.8. The molecule has 0 aromatic rings. The Bertz CT molecular complexity index is 544. The fourth-order valence-electron chi connectivity index (χ4n) is 6.15. The van der Waals surface area contributed by atoms with Crippen LogP contribution in [0.1, 0.15) is 54.4 Å². The Morgan fingerprint density at radius 3 is 2.48 bits per heavy atom. The second kappa shape index (κ2) is 5.74. The van der Waals surface area contributed by atoms with Crippen LogP contribution < -0.4 is 5.73 Å². The van der Waals surface area contributed by atoms with Gasteiger partial charge in [0.2, 0.25) is 0 Å². The predicted molar refractivity (Wildman–Crippen MR) is 96.8 cm³/mol. The van der Waals surface area contributed by atoms with Crippen molar-refractivity contribution in [3.63, 3.8) is 0 Å². The third-order valence-electron chi connectivity index (χ3n) is 7.54. The minimum Gasteiger partial charge on any atom is -0.388 e. The molecule has 0 radical (unpaired) electrons. The number of nitrogens with two attached hydrogens (primary N) is 1. The van der Waals surface area contributed by atoms with Crippen LogP contribution in [-0.2, 0) is 0 Å². The summed E-state index contributed by atoms with van der Waals surface area (Å²) in [6.45, 7) is 14.6. The van der Waals surface area contributed by atoms with Crippen molar-refractivity contribution in [2.75, 3.05) is 6.54 Å². The second-order valence-electron chi connectivity index (χ2n) is 9.01. The minimum absolute atomic E-state index is 0.0986. The molecule has 23 heavy (non-hydrogen) atoms. The summed E-state index contributed by atoms with van der Waals surface area (Å²) in [7, 11) is 0. The quantitative estimate of drug-likeness (QED) is 0.768. The molecule has 4 rings (SSSR count). The number of hydrogen-bond acceptors (Lipinski definition) is 2. The molecule has 0 amide bonds. The molecule has 4 aliphatic rings. The number of aliphatic hydroxyl groups is 1. The molecule has 0 aromatic carbocycles. The normalized spacial score (nSPS) is 43.2. The molecule has 2 bridgehead atoms. The maximum atomic E-state index is 11.1. The highest BCUT2D eigenvalue weighted by Gasteiger charge is 2.58. The van der Waals surface area contributed by atoms with Crippen molar-refractivity contribution >= 4 is 0 Å². The van der Waals surface area contributed by atoms with Crippen molar-refractivity contribution in [1.29, 1.82) is 0 Å². The lowest BCUT2D eigenvalue weighted by atomic mass is 9.59. The molecule has 0 saturated heterocycles. The first-order chi connectivity index (χ1) is 10.8. The van der Waals surface area contributed by atoms with Gasteiger partial charge in [0.05, 0.1) is 6.10 Å². The van der Waals surface area contributed by atoms with E-state index in [4.69, 9.17) is 5.73 Å². The van der Waals surface area contributed by atoms with Crippen LogP contribution in [0.25, 0.3) is 0 Å². The smallest absolute Gasteiger partial charge is 0.0818 e. The van der Waals surface area contributed by atoms with Crippen molar-refractivity contribution in [3.05, 3.63) is 22.8 Å². The van der Waals surface area contributed by atoms with Gasteiger partial charge in [-0.05, 0) is 61.5 Å². The Morgan fingerprint density at radius 2 is 1.96 bits per heavy atom. The van der Waals surface area contributed by atoms with Gasteiger partial charge in [-0.25, -0.2) is 0 Å². The molecular formula is C21H35NO. The van der Waals surface area contributed by atoms with Crippen molar-refractivity contribution in [2.24, 2.45) is 46.7 Å². The van der Waals surface area contributed by atoms with Gasteiger partial charge >= 0.3 is 0 Å². The first kappa shape index (κ1) is 17.2. The van der Waals surface area contributed by atoms with E-state index in [1.807, 2.05) is 0 Å². The fourth-order valence-corrected chi connectivity index (χ4v) is 6.15. The number of rotatable bonds is 3. The summed E-state index contributed by atoms with van der Waals surface area (Å²) in [5, 5.41) is 11.1. The Hall–Kier alpha value is -0.600. The number of fused-ring (bicyclic) bond motifs is 2. The SMILES string of the molecule is CC1=C2CC(C(C)C)C(C)C23C=C(C(C)C)C(O)C1CC3CN. The van der Waals surface area contributed by atoms with Gasteiger partial charge in [0.1, 0.15) is 0 Å². The first-order valence-corrected chi connectivity index (χ1v) is 9.56. The summed E-state index contributed by atoms with van der Waals surface area (Å²) >= 11 is 0. The van der Waals surface area contributed by atoms with Crippen LogP contribution in [0.4, 0.5) is 0 Å². The largest absolute Gasteiger partial charge is 0.388 e. The van der Waals surface area contributed by atoms with E-state index in [-0.39, 0.29) is 17.4 Å². The molecule has 2 nitrogen and oxygen atoms in total. The van der Waals surface area contributed by atoms with Gasteiger partial charge in [-0.15, -0.1) is 0 Å². The zero-order chi connectivity index (χ0) is 17.1. The van der Waals surface area contributed by atoms with Gasteiger partial charge in [-0.1, -0.05) is 51.8 Å². The van der Waals surface area contributed by atoms with Gasteiger partial charge in [0.15, 0.2) is 0 Å². The highest BCUT2D eigenvalue weighted by Crippen LogP contribution is 2.65. The summed E-state index contributed by atoms with van der Waals surface area (Å²) < 4.78 is 0. The van der Waals surface area contributed by atoms with Crippen LogP contribution >= 0.6 is 0 Å². The molecule has 0 heterocycles. The highest BCUT2D eigenvalue weighted by atomic mass is 16.3. The standard InChI is InChI=1S/C21H35NO/c1-11(2)16-8-19-13(5)17-7-15(10-22)21(19,14(16)6)9-18(12(3)4)20(17)23/h9,11-12,14-17,20,23H,7-8,10,22H2,1-6H3. The van der Waals surface area contributed by atoms with Gasteiger partial charge in [-0.3, -0.25) is 0 Å². The third-order valence-corrected chi connectivity index (χ3v) is 7.54. The van der Waals surface area contributed by atoms with E-state index in [1.54, 1.807) is 5.57 Å². The van der Waals surface area contributed by atoms with E-state index in [0.29, 0.717) is 23.7 Å². The van der Waals surface area contributed by atoms with Crippen molar-refractivity contribution in [2.45, 2.75) is 60.5 Å². The van der Waals surface area contributed by atoms with E-state index < -0.39 is 0 Å². The summed E-state index contributed by atoms with van der Waals surface area (Å²) in [6, 6.07) is 0.